The van der Waals surface area contributed by atoms with Gasteiger partial charge in [-0.15, -0.1) is 0 Å². The van der Waals surface area contributed by atoms with Crippen LogP contribution < -0.4 is 5.32 Å². The van der Waals surface area contributed by atoms with Gasteiger partial charge in [0.05, 0.1) is 12.0 Å². The molecule has 0 aliphatic carbocycles. The third-order valence-electron chi connectivity index (χ3n) is 1.59. The van der Waals surface area contributed by atoms with Gasteiger partial charge in [0.15, 0.2) is 0 Å². The third kappa shape index (κ3) is 4.24. The molecule has 0 saturated carbocycles. The average molecular weight is 320 g/mol. The Hall–Kier alpha value is -1.18. The third-order valence-corrected chi connectivity index (χ3v) is 2.18. The molecule has 0 aliphatic rings. The van der Waals surface area contributed by atoms with E-state index in [0.717, 1.165) is 3.57 Å². The number of halogens is 1. The summed E-state index contributed by atoms with van der Waals surface area (Å²) >= 11 is 2.05. The van der Waals surface area contributed by atoms with Crippen LogP contribution in [0.25, 0.3) is 0 Å². The topological polar surface area (TPSA) is 79.3 Å². The van der Waals surface area contributed by atoms with Crippen LogP contribution in [0.1, 0.15) is 16.8 Å². The summed E-state index contributed by atoms with van der Waals surface area (Å²) in [5, 5.41) is 10.9. The monoisotopic (exact) mass is 320 g/mol. The van der Waals surface area contributed by atoms with Gasteiger partial charge in [-0.25, -0.2) is 0 Å². The van der Waals surface area contributed by atoms with Crippen LogP contribution in [-0.2, 0) is 4.79 Å². The molecule has 15 heavy (non-hydrogen) atoms. The highest BCUT2D eigenvalue weighted by molar-refractivity contribution is 14.1. The molecular weight excluding hydrogens is 311 g/mol. The number of hydrogen-bond donors (Lipinski definition) is 2. The minimum absolute atomic E-state index is 0.0803. The van der Waals surface area contributed by atoms with Gasteiger partial charge in [0.2, 0.25) is 0 Å². The first-order valence-electron chi connectivity index (χ1n) is 4.20. The van der Waals surface area contributed by atoms with Crippen molar-refractivity contribution in [2.75, 3.05) is 6.54 Å². The van der Waals surface area contributed by atoms with Crippen LogP contribution in [0.15, 0.2) is 18.5 Å². The molecule has 1 aromatic rings. The minimum Gasteiger partial charge on any atom is -0.481 e. The molecular formula is C9H9IN2O3. The molecule has 0 spiro atoms. The number of rotatable bonds is 4. The van der Waals surface area contributed by atoms with E-state index < -0.39 is 5.97 Å². The number of carboxylic acid groups (broad SMARTS) is 1. The Morgan fingerprint density at radius 3 is 2.80 bits per heavy atom. The van der Waals surface area contributed by atoms with Gasteiger partial charge in [0.25, 0.3) is 5.91 Å². The van der Waals surface area contributed by atoms with E-state index in [9.17, 15) is 9.59 Å². The summed E-state index contributed by atoms with van der Waals surface area (Å²) in [5.41, 5.74) is 0.437. The van der Waals surface area contributed by atoms with Gasteiger partial charge in [-0.3, -0.25) is 14.6 Å². The first-order valence-corrected chi connectivity index (χ1v) is 5.28. The molecule has 6 heteroatoms. The highest BCUT2D eigenvalue weighted by atomic mass is 127. The average Bonchev–Trinajstić information content (AvgIpc) is 2.17. The fraction of sp³-hybridized carbons (Fsp3) is 0.222. The van der Waals surface area contributed by atoms with Crippen molar-refractivity contribution in [2.45, 2.75) is 6.42 Å². The van der Waals surface area contributed by atoms with Gasteiger partial charge in [0, 0.05) is 22.5 Å². The van der Waals surface area contributed by atoms with Crippen LogP contribution in [0, 0.1) is 3.57 Å². The molecule has 0 aliphatic heterocycles. The Morgan fingerprint density at radius 1 is 1.47 bits per heavy atom. The van der Waals surface area contributed by atoms with Crippen molar-refractivity contribution < 1.29 is 14.7 Å². The van der Waals surface area contributed by atoms with Crippen LogP contribution in [0.3, 0.4) is 0 Å². The highest BCUT2D eigenvalue weighted by Gasteiger charge is 2.06. The molecule has 0 fully saturated rings. The van der Waals surface area contributed by atoms with Crippen molar-refractivity contribution >= 4 is 34.5 Å². The van der Waals surface area contributed by atoms with E-state index in [0.29, 0.717) is 5.56 Å². The number of carbonyl (C=O) groups is 2. The number of carbonyl (C=O) groups excluding carboxylic acids is 1. The Balaban J connectivity index is 2.50. The molecule has 1 heterocycles. The van der Waals surface area contributed by atoms with Gasteiger partial charge in [-0.05, 0) is 28.7 Å². The van der Waals surface area contributed by atoms with Crippen molar-refractivity contribution in [3.05, 3.63) is 27.6 Å². The largest absolute Gasteiger partial charge is 0.481 e. The Labute approximate surface area is 100 Å². The van der Waals surface area contributed by atoms with Gasteiger partial charge in [-0.1, -0.05) is 0 Å². The smallest absolute Gasteiger partial charge is 0.305 e. The predicted octanol–water partition coefficient (Wildman–Crippen LogP) is 0.891. The Morgan fingerprint density at radius 2 is 2.20 bits per heavy atom. The lowest BCUT2D eigenvalue weighted by Gasteiger charge is -2.02. The normalized spacial score (nSPS) is 9.67. The summed E-state index contributed by atoms with van der Waals surface area (Å²) in [7, 11) is 0. The van der Waals surface area contributed by atoms with Gasteiger partial charge < -0.3 is 10.4 Å². The molecule has 1 aromatic heterocycles. The quantitative estimate of drug-likeness (QED) is 0.808. The van der Waals surface area contributed by atoms with Crippen LogP contribution in [0.4, 0.5) is 0 Å². The maximum absolute atomic E-state index is 11.4. The SMILES string of the molecule is O=C(O)CCNC(=O)c1cncc(I)c1. The summed E-state index contributed by atoms with van der Waals surface area (Å²) < 4.78 is 0.860. The minimum atomic E-state index is -0.934. The second kappa shape index (κ2) is 5.64. The molecule has 5 nitrogen and oxygen atoms in total. The van der Waals surface area contributed by atoms with Crippen LogP contribution >= 0.6 is 22.6 Å². The van der Waals surface area contributed by atoms with Crippen LogP contribution in [0.5, 0.6) is 0 Å². The van der Waals surface area contributed by atoms with Crippen molar-refractivity contribution in [3.8, 4) is 0 Å². The molecule has 2 N–H and O–H groups in total. The van der Waals surface area contributed by atoms with E-state index in [1.807, 2.05) is 0 Å². The van der Waals surface area contributed by atoms with E-state index in [1.54, 1.807) is 12.3 Å². The number of amides is 1. The maximum atomic E-state index is 11.4. The van der Waals surface area contributed by atoms with E-state index in [-0.39, 0.29) is 18.9 Å². The molecule has 0 radical (unpaired) electrons. The zero-order valence-electron chi connectivity index (χ0n) is 7.74. The predicted molar refractivity (Wildman–Crippen MR) is 61.5 cm³/mol. The maximum Gasteiger partial charge on any atom is 0.305 e. The number of carboxylic acids is 1. The summed E-state index contributed by atoms with van der Waals surface area (Å²) in [6.45, 7) is 0.125. The van der Waals surface area contributed by atoms with Gasteiger partial charge >= 0.3 is 5.97 Å². The summed E-state index contributed by atoms with van der Waals surface area (Å²) in [6, 6.07) is 1.68. The summed E-state index contributed by atoms with van der Waals surface area (Å²) in [6.07, 6.45) is 3.00. The second-order valence-electron chi connectivity index (χ2n) is 2.79. The number of pyridine rings is 1. The Bertz CT molecular complexity index is 381. The summed E-state index contributed by atoms with van der Waals surface area (Å²) in [5.74, 6) is -1.24. The zero-order valence-corrected chi connectivity index (χ0v) is 9.89. The standard InChI is InChI=1S/C9H9IN2O3/c10-7-3-6(4-11-5-7)9(15)12-2-1-8(13)14/h3-5H,1-2H2,(H,12,15)(H,13,14). The molecule has 1 rings (SSSR count). The number of nitrogens with one attached hydrogen (secondary N) is 1. The Kier molecular flexibility index (Phi) is 4.47. The van der Waals surface area contributed by atoms with Crippen molar-refractivity contribution in [2.24, 2.45) is 0 Å². The lowest BCUT2D eigenvalue weighted by molar-refractivity contribution is -0.136. The van der Waals surface area contributed by atoms with E-state index >= 15 is 0 Å². The van der Waals surface area contributed by atoms with E-state index in [1.165, 1.54) is 6.20 Å². The first kappa shape index (κ1) is 11.9. The zero-order chi connectivity index (χ0) is 11.3. The van der Waals surface area contributed by atoms with Crippen molar-refractivity contribution in [3.63, 3.8) is 0 Å². The van der Waals surface area contributed by atoms with Crippen molar-refractivity contribution in [1.82, 2.24) is 10.3 Å². The number of aliphatic carboxylic acids is 1. The van der Waals surface area contributed by atoms with E-state index in [2.05, 4.69) is 32.9 Å². The van der Waals surface area contributed by atoms with Crippen molar-refractivity contribution in [1.29, 1.82) is 0 Å². The molecule has 0 bridgehead atoms. The fourth-order valence-corrected chi connectivity index (χ4v) is 1.42. The lowest BCUT2D eigenvalue weighted by Crippen LogP contribution is -2.26. The number of nitrogens with zero attached hydrogens (tertiary/aromatic N) is 1. The lowest BCUT2D eigenvalue weighted by atomic mass is 10.2. The first-order chi connectivity index (χ1) is 7.09. The van der Waals surface area contributed by atoms with Crippen LogP contribution in [0.2, 0.25) is 0 Å². The fourth-order valence-electron chi connectivity index (χ4n) is 0.921. The highest BCUT2D eigenvalue weighted by Crippen LogP contribution is 2.05. The van der Waals surface area contributed by atoms with Crippen LogP contribution in [-0.4, -0.2) is 28.5 Å². The molecule has 0 atom stereocenters. The molecule has 1 amide bonds. The molecule has 0 saturated heterocycles. The molecule has 0 unspecified atom stereocenters. The number of hydrogen-bond acceptors (Lipinski definition) is 3. The van der Waals surface area contributed by atoms with E-state index in [4.69, 9.17) is 5.11 Å². The summed E-state index contributed by atoms with van der Waals surface area (Å²) in [4.78, 5) is 25.5. The molecule has 80 valence electrons. The van der Waals surface area contributed by atoms with Gasteiger partial charge in [0.1, 0.15) is 0 Å². The molecule has 0 aromatic carbocycles. The van der Waals surface area contributed by atoms with Gasteiger partial charge in [-0.2, -0.15) is 0 Å². The number of aromatic nitrogens is 1. The second-order valence-corrected chi connectivity index (χ2v) is 4.04.